The highest BCUT2D eigenvalue weighted by Crippen LogP contribution is 2.34. The molecule has 0 unspecified atom stereocenters. The number of hydrogen-bond donors (Lipinski definition) is 1. The molecule has 0 radical (unpaired) electrons. The second-order valence-electron chi connectivity index (χ2n) is 7.99. The third-order valence-corrected chi connectivity index (χ3v) is 5.94. The summed E-state index contributed by atoms with van der Waals surface area (Å²) in [4.78, 5) is 22.9. The Kier molecular flexibility index (Phi) is 5.95. The van der Waals surface area contributed by atoms with Crippen LogP contribution < -0.4 is 20.1 Å². The SMILES string of the molecule is C=CC(=O)[C@@H]1C[C@H](n2nc(C#Cc3cc(OC)cc(OC)c3)c3c(N)ncnc32)CN1c1nnco1. The molecule has 2 N–H and O–H groups in total. The van der Waals surface area contributed by atoms with Gasteiger partial charge in [-0.1, -0.05) is 17.6 Å². The van der Waals surface area contributed by atoms with Crippen molar-refractivity contribution in [3.63, 3.8) is 0 Å². The number of ether oxygens (including phenoxy) is 2. The summed E-state index contributed by atoms with van der Waals surface area (Å²) < 4.78 is 17.7. The molecule has 36 heavy (non-hydrogen) atoms. The van der Waals surface area contributed by atoms with Gasteiger partial charge >= 0.3 is 6.01 Å². The summed E-state index contributed by atoms with van der Waals surface area (Å²) in [5.74, 6) is 7.50. The Hall–Kier alpha value is -4.92. The Bertz CT molecular complexity index is 1480. The van der Waals surface area contributed by atoms with Gasteiger partial charge in [0.25, 0.3) is 0 Å². The molecule has 0 spiro atoms. The topological polar surface area (TPSA) is 147 Å². The molecule has 1 aromatic carbocycles. The van der Waals surface area contributed by atoms with Gasteiger partial charge in [-0.3, -0.25) is 4.79 Å². The fourth-order valence-electron chi connectivity index (χ4n) is 4.25. The lowest BCUT2D eigenvalue weighted by atomic mass is 10.1. The van der Waals surface area contributed by atoms with E-state index in [9.17, 15) is 4.79 Å². The van der Waals surface area contributed by atoms with E-state index in [0.29, 0.717) is 46.8 Å². The van der Waals surface area contributed by atoms with E-state index >= 15 is 0 Å². The number of ketones is 1. The molecule has 0 aliphatic carbocycles. The van der Waals surface area contributed by atoms with Crippen molar-refractivity contribution >= 4 is 28.6 Å². The van der Waals surface area contributed by atoms with Gasteiger partial charge in [0.05, 0.1) is 31.7 Å². The molecule has 4 heterocycles. The molecule has 12 heteroatoms. The van der Waals surface area contributed by atoms with Crippen molar-refractivity contribution in [2.24, 2.45) is 0 Å². The Labute approximate surface area is 205 Å². The minimum Gasteiger partial charge on any atom is -0.497 e. The molecule has 12 nitrogen and oxygen atoms in total. The van der Waals surface area contributed by atoms with Crippen LogP contribution in [0, 0.1) is 11.8 Å². The summed E-state index contributed by atoms with van der Waals surface area (Å²) in [7, 11) is 3.14. The molecule has 0 bridgehead atoms. The highest BCUT2D eigenvalue weighted by molar-refractivity contribution is 5.96. The van der Waals surface area contributed by atoms with Crippen LogP contribution in [0.15, 0.2) is 48.0 Å². The average Bonchev–Trinajstić information content (AvgIpc) is 3.65. The van der Waals surface area contributed by atoms with Crippen LogP contribution in [0.5, 0.6) is 11.5 Å². The molecule has 0 saturated carbocycles. The predicted molar refractivity (Wildman–Crippen MR) is 130 cm³/mol. The highest BCUT2D eigenvalue weighted by Gasteiger charge is 2.40. The number of carbonyl (C=O) groups is 1. The molecule has 2 atom stereocenters. The molecule has 4 aromatic rings. The van der Waals surface area contributed by atoms with E-state index in [-0.39, 0.29) is 23.7 Å². The normalized spacial score (nSPS) is 17.0. The van der Waals surface area contributed by atoms with Crippen molar-refractivity contribution in [2.75, 3.05) is 31.4 Å². The van der Waals surface area contributed by atoms with Gasteiger partial charge in [-0.05, 0) is 30.6 Å². The lowest BCUT2D eigenvalue weighted by Gasteiger charge is -2.19. The van der Waals surface area contributed by atoms with Gasteiger partial charge in [-0.2, -0.15) is 5.10 Å². The maximum absolute atomic E-state index is 12.6. The largest absolute Gasteiger partial charge is 0.497 e. The van der Waals surface area contributed by atoms with Gasteiger partial charge in [0.2, 0.25) is 6.39 Å². The predicted octanol–water partition coefficient (Wildman–Crippen LogP) is 1.78. The molecular weight excluding hydrogens is 464 g/mol. The van der Waals surface area contributed by atoms with Crippen LogP contribution in [0.3, 0.4) is 0 Å². The van der Waals surface area contributed by atoms with Crippen molar-refractivity contribution in [3.8, 4) is 23.3 Å². The highest BCUT2D eigenvalue weighted by atomic mass is 16.5. The fourth-order valence-corrected chi connectivity index (χ4v) is 4.25. The van der Waals surface area contributed by atoms with E-state index in [0.717, 1.165) is 0 Å². The molecule has 182 valence electrons. The van der Waals surface area contributed by atoms with Crippen molar-refractivity contribution in [2.45, 2.75) is 18.5 Å². The second-order valence-corrected chi connectivity index (χ2v) is 7.99. The van der Waals surface area contributed by atoms with E-state index in [1.54, 1.807) is 42.0 Å². The van der Waals surface area contributed by atoms with E-state index in [1.165, 1.54) is 18.8 Å². The summed E-state index contributed by atoms with van der Waals surface area (Å²) in [6.45, 7) is 4.01. The minimum atomic E-state index is -0.537. The van der Waals surface area contributed by atoms with Crippen LogP contribution in [-0.4, -0.2) is 62.5 Å². The van der Waals surface area contributed by atoms with Gasteiger partial charge in [-0.25, -0.2) is 14.6 Å². The van der Waals surface area contributed by atoms with Crippen molar-refractivity contribution in [1.82, 2.24) is 29.9 Å². The summed E-state index contributed by atoms with van der Waals surface area (Å²) in [6.07, 6.45) is 4.30. The number of carbonyl (C=O) groups excluding carboxylic acids is 1. The number of rotatable bonds is 6. The second kappa shape index (κ2) is 9.38. The molecule has 1 fully saturated rings. The summed E-state index contributed by atoms with van der Waals surface area (Å²) >= 11 is 0. The standard InChI is InChI=1S/C24H22N8O4/c1-4-20(33)19-9-15(11-31(19)24-29-28-13-36-24)32-23-21(22(25)26-12-27-23)18(30-32)6-5-14-7-16(34-2)10-17(8-14)35-3/h4,7-8,10,12-13,15,19H,1,9,11H2,2-3H3,(H2,25,26,27)/t15-,19-/m0/s1. The van der Waals surface area contributed by atoms with Gasteiger partial charge in [0.15, 0.2) is 11.4 Å². The number of anilines is 2. The van der Waals surface area contributed by atoms with E-state index in [1.807, 2.05) is 0 Å². The first kappa shape index (κ1) is 22.9. The fraction of sp³-hybridized carbons (Fsp3) is 0.250. The van der Waals surface area contributed by atoms with E-state index < -0.39 is 6.04 Å². The smallest absolute Gasteiger partial charge is 0.318 e. The van der Waals surface area contributed by atoms with Gasteiger partial charge < -0.3 is 24.5 Å². The van der Waals surface area contributed by atoms with Crippen molar-refractivity contribution in [1.29, 1.82) is 0 Å². The van der Waals surface area contributed by atoms with E-state index in [4.69, 9.17) is 24.7 Å². The Morgan fingerprint density at radius 2 is 2.00 bits per heavy atom. The summed E-state index contributed by atoms with van der Waals surface area (Å²) in [5.41, 5.74) is 7.80. The van der Waals surface area contributed by atoms with Crippen molar-refractivity contribution in [3.05, 3.63) is 54.8 Å². The monoisotopic (exact) mass is 486 g/mol. The van der Waals surface area contributed by atoms with E-state index in [2.05, 4.69) is 38.6 Å². The average molecular weight is 486 g/mol. The third-order valence-electron chi connectivity index (χ3n) is 5.94. The molecular formula is C24H22N8O4. The Balaban J connectivity index is 1.57. The number of fused-ring (bicyclic) bond motifs is 1. The van der Waals surface area contributed by atoms with Crippen LogP contribution in [0.1, 0.15) is 23.7 Å². The Morgan fingerprint density at radius 3 is 2.67 bits per heavy atom. The van der Waals surface area contributed by atoms with Crippen molar-refractivity contribution < 1.29 is 18.7 Å². The molecule has 1 saturated heterocycles. The quantitative estimate of drug-likeness (QED) is 0.314. The number of benzene rings is 1. The maximum atomic E-state index is 12.6. The molecule has 5 rings (SSSR count). The summed E-state index contributed by atoms with van der Waals surface area (Å²) in [6, 6.07) is 4.80. The molecule has 0 amide bonds. The van der Waals surface area contributed by atoms with Crippen LogP contribution in [0.2, 0.25) is 0 Å². The first-order valence-corrected chi connectivity index (χ1v) is 10.9. The van der Waals surface area contributed by atoms with Crippen LogP contribution in [0.4, 0.5) is 11.8 Å². The number of nitrogen functional groups attached to an aromatic ring is 1. The van der Waals surface area contributed by atoms with Crippen LogP contribution in [-0.2, 0) is 4.79 Å². The summed E-state index contributed by atoms with van der Waals surface area (Å²) in [5, 5.41) is 13.0. The zero-order valence-electron chi connectivity index (χ0n) is 19.6. The molecule has 3 aromatic heterocycles. The van der Waals surface area contributed by atoms with Gasteiger partial charge in [0, 0.05) is 18.2 Å². The Morgan fingerprint density at radius 1 is 1.22 bits per heavy atom. The van der Waals surface area contributed by atoms with Crippen LogP contribution in [0.25, 0.3) is 11.0 Å². The number of nitrogens with zero attached hydrogens (tertiary/aromatic N) is 7. The maximum Gasteiger partial charge on any atom is 0.318 e. The van der Waals surface area contributed by atoms with Gasteiger partial charge in [0.1, 0.15) is 29.3 Å². The lowest BCUT2D eigenvalue weighted by molar-refractivity contribution is -0.115. The third kappa shape index (κ3) is 4.07. The van der Waals surface area contributed by atoms with Crippen LogP contribution >= 0.6 is 0 Å². The number of nitrogens with two attached hydrogens (primary N) is 1. The molecule has 1 aliphatic heterocycles. The zero-order chi connectivity index (χ0) is 25.2. The zero-order valence-corrected chi connectivity index (χ0v) is 19.6. The van der Waals surface area contributed by atoms with Gasteiger partial charge in [-0.15, -0.1) is 5.10 Å². The number of hydrogen-bond acceptors (Lipinski definition) is 11. The first-order valence-electron chi connectivity index (χ1n) is 10.9. The first-order chi connectivity index (χ1) is 17.5. The molecule has 1 aliphatic rings. The number of aromatic nitrogens is 6. The lowest BCUT2D eigenvalue weighted by Crippen LogP contribution is -2.35. The minimum absolute atomic E-state index is 0.159. The number of methoxy groups -OCH3 is 2.